The van der Waals surface area contributed by atoms with Crippen LogP contribution in [0.2, 0.25) is 0 Å². The molecule has 0 bridgehead atoms. The van der Waals surface area contributed by atoms with Crippen LogP contribution in [-0.4, -0.2) is 53.3 Å². The lowest BCUT2D eigenvalue weighted by molar-refractivity contribution is -0.137. The van der Waals surface area contributed by atoms with Crippen molar-refractivity contribution in [1.82, 2.24) is 15.5 Å². The molecule has 3 N–H and O–H groups in total. The Morgan fingerprint density at radius 3 is 2.88 bits per heavy atom. The Bertz CT molecular complexity index is 1500. The molecule has 7 nitrogen and oxygen atoms in total. The van der Waals surface area contributed by atoms with Crippen molar-refractivity contribution in [2.24, 2.45) is 5.89 Å². The minimum atomic E-state index is -4.71. The molecule has 3 amide bonds. The fourth-order valence-corrected chi connectivity index (χ4v) is 1.74. The maximum atomic E-state index is 13.7. The van der Waals surface area contributed by atoms with Gasteiger partial charge in [-0.25, -0.2) is 0 Å². The summed E-state index contributed by atoms with van der Waals surface area (Å²) < 4.78 is 173. The van der Waals surface area contributed by atoms with E-state index in [0.29, 0.717) is 0 Å². The van der Waals surface area contributed by atoms with Crippen LogP contribution in [0.1, 0.15) is 67.9 Å². The number of benzene rings is 1. The molecule has 1 heterocycles. The number of nitrogens with one attached hydrogen (secondary N) is 2. The first-order valence-electron chi connectivity index (χ1n) is 17.7. The summed E-state index contributed by atoms with van der Waals surface area (Å²) in [6, 6.07) is -13.4. The Labute approximate surface area is 184 Å². The zero-order valence-corrected chi connectivity index (χ0v) is 12.8. The van der Waals surface area contributed by atoms with Gasteiger partial charge >= 0.3 is 0 Å². The van der Waals surface area contributed by atoms with Crippen molar-refractivity contribution >= 4 is 17.7 Å². The van der Waals surface area contributed by atoms with Gasteiger partial charge in [0.1, 0.15) is 18.1 Å². The lowest BCUT2D eigenvalue weighted by atomic mass is 9.99. The van der Waals surface area contributed by atoms with E-state index in [1.54, 1.807) is 0 Å². The van der Waals surface area contributed by atoms with Gasteiger partial charge in [0.25, 0.3) is 0 Å². The highest BCUT2D eigenvalue weighted by Gasteiger charge is 2.32. The van der Waals surface area contributed by atoms with E-state index in [-0.39, 0.29) is 4.90 Å². The third-order valence-electron chi connectivity index (χ3n) is 2.97. The molecule has 26 heavy (non-hydrogen) atoms. The first-order chi connectivity index (χ1) is 20.9. The Morgan fingerprint density at radius 2 is 2.19 bits per heavy atom. The van der Waals surface area contributed by atoms with Gasteiger partial charge in [-0.3, -0.25) is 14.4 Å². The van der Waals surface area contributed by atoms with Crippen LogP contribution >= 0.6 is 0 Å². The molecule has 0 aromatic heterocycles. The number of aliphatic hydroxyl groups is 1. The maximum Gasteiger partial charge on any atom is 0.249 e. The maximum absolute atomic E-state index is 13.7. The number of fused-ring (bicyclic) bond motifs is 1. The number of likely N-dealkylation sites (N-methyl/N-ethyl adjacent to an activating group) is 1. The minimum absolute atomic E-state index is 0.338. The fraction of sp³-hybridized carbons (Fsp3) is 0.526. The minimum Gasteiger partial charge on any atom is -0.383 e. The van der Waals surface area contributed by atoms with Crippen LogP contribution in [-0.2, 0) is 20.8 Å². The Kier molecular flexibility index (Phi) is 1.77. The van der Waals surface area contributed by atoms with Gasteiger partial charge in [0.2, 0.25) is 17.7 Å². The normalized spacial score (nSPS) is 41.3. The molecule has 1 unspecified atom stereocenters. The molecule has 1 aromatic carbocycles. The molecule has 0 spiro atoms. The van der Waals surface area contributed by atoms with Gasteiger partial charge in [0.15, 0.2) is 0 Å². The second kappa shape index (κ2) is 8.31. The van der Waals surface area contributed by atoms with E-state index in [4.69, 9.17) is 30.2 Å². The van der Waals surface area contributed by atoms with Gasteiger partial charge in [-0.2, -0.15) is 0 Å². The highest BCUT2D eigenvalue weighted by atomic mass is 16.3. The molecular formula is C19H27N3O4. The zero-order chi connectivity index (χ0) is 38.4. The molecule has 7 heteroatoms. The quantitative estimate of drug-likeness (QED) is 0.684. The van der Waals surface area contributed by atoms with Crippen molar-refractivity contribution in [2.75, 3.05) is 13.5 Å². The monoisotopic (exact) mass is 383 g/mol. The topological polar surface area (TPSA) is 98.7 Å². The average Bonchev–Trinajstić information content (AvgIpc) is 2.94. The first kappa shape index (κ1) is 5.55. The molecule has 3 atom stereocenters. The largest absolute Gasteiger partial charge is 0.383 e. The number of carbonyl (C=O) groups excluding carboxylic acids is 3. The molecule has 1 aromatic rings. The first-order valence-corrected chi connectivity index (χ1v) is 6.70. The Morgan fingerprint density at radius 1 is 1.42 bits per heavy atom. The van der Waals surface area contributed by atoms with Crippen LogP contribution in [0, 0.1) is 5.89 Å². The standard InChI is InChI=1S/C19H27N3O4/c1-11(2)16(23)18(25)20-12(3)17(24)21-15-14-8-6-5-7-13(14)9-10-22(4)19(15)26/h5-8,11-12,15-16,23H,9-10H2,1-4H3,(H,20,25)(H,21,24)/t12?,15-,16+/m0/s1/i1D3,2D3,3D3,4D3,5D,6D,7D,8D,9D2,11D,12D,15D,16D. The predicted molar refractivity (Wildman–Crippen MR) is 97.1 cm³/mol. The molecular weight excluding hydrogens is 334 g/mol. The Hall–Kier alpha value is -2.41. The lowest BCUT2D eigenvalue weighted by Crippen LogP contribution is -2.51. The summed E-state index contributed by atoms with van der Waals surface area (Å²) in [6.07, 6.45) is -7.93. The predicted octanol–water partition coefficient (Wildman–Crippen LogP) is 0.380. The van der Waals surface area contributed by atoms with Gasteiger partial charge in [-0.15, -0.1) is 0 Å². The van der Waals surface area contributed by atoms with Crippen molar-refractivity contribution in [3.05, 3.63) is 35.3 Å². The van der Waals surface area contributed by atoms with Crippen molar-refractivity contribution < 1.29 is 49.6 Å². The molecule has 0 radical (unpaired) electrons. The van der Waals surface area contributed by atoms with Gasteiger partial charge < -0.3 is 20.6 Å². The number of carbonyl (C=O) groups is 3. The number of hydrogen-bond acceptors (Lipinski definition) is 4. The highest BCUT2D eigenvalue weighted by Crippen LogP contribution is 2.24. The number of hydrogen-bond donors (Lipinski definition) is 3. The lowest BCUT2D eigenvalue weighted by Gasteiger charge is -2.24. The van der Waals surface area contributed by atoms with E-state index in [2.05, 4.69) is 0 Å². The number of amides is 3. The Balaban J connectivity index is 2.94. The molecule has 2 rings (SSSR count). The van der Waals surface area contributed by atoms with Gasteiger partial charge in [-0.05, 0) is 30.2 Å². The summed E-state index contributed by atoms with van der Waals surface area (Å²) in [5.74, 6) is -11.9. The SMILES string of the molecule is [2H]c1c([2H])c([2H])c2c(c1[2H])C([2H])([2H])CN(C([2H])([2H])[2H])C(=O)[C@@]2([2H])NC(=O)C([2H])(NC(=O)[C@]([2H])(O)C([2H])(C([2H])([2H])[2H])C([2H])([2H])[2H])C([2H])([2H])[2H]. The highest BCUT2D eigenvalue weighted by molar-refractivity contribution is 5.93. The van der Waals surface area contributed by atoms with Crippen LogP contribution < -0.4 is 10.6 Å². The zero-order valence-electron chi connectivity index (χ0n) is 34.8. The number of nitrogens with zero attached hydrogens (tertiary/aromatic N) is 1. The van der Waals surface area contributed by atoms with Gasteiger partial charge in [0.05, 0.1) is 9.60 Å². The van der Waals surface area contributed by atoms with Gasteiger partial charge in [0, 0.05) is 34.1 Å². The number of rotatable bonds is 5. The van der Waals surface area contributed by atoms with E-state index in [1.807, 2.05) is 0 Å². The fourth-order valence-electron chi connectivity index (χ4n) is 1.74. The average molecular weight is 384 g/mol. The molecule has 1 aliphatic rings. The van der Waals surface area contributed by atoms with E-state index in [1.165, 1.54) is 5.32 Å². The summed E-state index contributed by atoms with van der Waals surface area (Å²) >= 11 is 0. The van der Waals surface area contributed by atoms with E-state index in [9.17, 15) is 19.5 Å². The molecule has 142 valence electrons. The summed E-state index contributed by atoms with van der Waals surface area (Å²) in [5.41, 5.74) is -2.69. The third kappa shape index (κ3) is 4.40. The van der Waals surface area contributed by atoms with Gasteiger partial charge in [-0.1, -0.05) is 37.9 Å². The van der Waals surface area contributed by atoms with E-state index < -0.39 is 117 Å². The second-order valence-corrected chi connectivity index (χ2v) is 4.70. The molecule has 0 fully saturated rings. The van der Waals surface area contributed by atoms with Crippen LogP contribution in [0.15, 0.2) is 24.2 Å². The van der Waals surface area contributed by atoms with E-state index in [0.717, 1.165) is 5.32 Å². The van der Waals surface area contributed by atoms with Crippen molar-refractivity contribution in [2.45, 2.75) is 45.0 Å². The second-order valence-electron chi connectivity index (χ2n) is 4.70. The molecule has 0 saturated carbocycles. The van der Waals surface area contributed by atoms with Crippen LogP contribution in [0.5, 0.6) is 0 Å². The molecule has 0 saturated heterocycles. The van der Waals surface area contributed by atoms with Crippen LogP contribution in [0.25, 0.3) is 0 Å². The smallest absolute Gasteiger partial charge is 0.249 e. The van der Waals surface area contributed by atoms with Crippen LogP contribution in [0.4, 0.5) is 0 Å². The summed E-state index contributed by atoms with van der Waals surface area (Å²) in [4.78, 5) is 40.0. The molecule has 1 aliphatic heterocycles. The van der Waals surface area contributed by atoms with Crippen molar-refractivity contribution in [3.63, 3.8) is 0 Å². The summed E-state index contributed by atoms with van der Waals surface area (Å²) in [6.45, 7) is -17.8. The molecule has 0 aliphatic carbocycles. The van der Waals surface area contributed by atoms with Crippen molar-refractivity contribution in [3.8, 4) is 0 Å². The third-order valence-corrected chi connectivity index (χ3v) is 2.97. The van der Waals surface area contributed by atoms with Crippen LogP contribution in [0.3, 0.4) is 0 Å². The van der Waals surface area contributed by atoms with E-state index >= 15 is 0 Å². The summed E-state index contributed by atoms with van der Waals surface area (Å²) in [5, 5.41) is 12.8. The summed E-state index contributed by atoms with van der Waals surface area (Å²) in [7, 11) is 0. The van der Waals surface area contributed by atoms with Crippen molar-refractivity contribution in [1.29, 1.82) is 0 Å².